The van der Waals surface area contributed by atoms with Gasteiger partial charge in [0.1, 0.15) is 0 Å². The van der Waals surface area contributed by atoms with Gasteiger partial charge in [-0.1, -0.05) is 36.3 Å². The van der Waals surface area contributed by atoms with Crippen LogP contribution in [0.3, 0.4) is 0 Å². The fraction of sp³-hybridized carbons (Fsp3) is 0.571. The summed E-state index contributed by atoms with van der Waals surface area (Å²) in [4.78, 5) is 0. The van der Waals surface area contributed by atoms with Crippen LogP contribution in [0.5, 0.6) is 0 Å². The van der Waals surface area contributed by atoms with Crippen molar-refractivity contribution in [3.63, 3.8) is 0 Å². The Bertz CT molecular complexity index is 206. The molecule has 0 bridgehead atoms. The van der Waals surface area contributed by atoms with Gasteiger partial charge in [0.2, 0.25) is 0 Å². The Hall–Kier alpha value is -0.780. The van der Waals surface area contributed by atoms with Crippen molar-refractivity contribution in [2.24, 2.45) is 0 Å². The summed E-state index contributed by atoms with van der Waals surface area (Å²) < 4.78 is 0. The summed E-state index contributed by atoms with van der Waals surface area (Å²) >= 11 is 0. The quantitative estimate of drug-likeness (QED) is 0.496. The van der Waals surface area contributed by atoms with E-state index >= 15 is 0 Å². The van der Waals surface area contributed by atoms with Gasteiger partial charge in [0, 0.05) is 0 Å². The fourth-order valence-electron chi connectivity index (χ4n) is 1.46. The van der Waals surface area contributed by atoms with E-state index in [0.29, 0.717) is 0 Å². The summed E-state index contributed by atoms with van der Waals surface area (Å²) in [6.45, 7) is 10.3. The molecule has 0 rings (SSSR count). The molecule has 0 aromatic carbocycles. The summed E-state index contributed by atoms with van der Waals surface area (Å²) in [7, 11) is 0. The first-order valence-corrected chi connectivity index (χ1v) is 5.65. The van der Waals surface area contributed by atoms with Crippen LogP contribution in [-0.4, -0.2) is 0 Å². The molecule has 0 aromatic heterocycles. The molecular formula is C14H24. The molecule has 0 fully saturated rings. The van der Waals surface area contributed by atoms with Gasteiger partial charge in [0.15, 0.2) is 0 Å². The lowest BCUT2D eigenvalue weighted by Crippen LogP contribution is -1.81. The molecular weight excluding hydrogens is 168 g/mol. The molecule has 0 unspecified atom stereocenters. The van der Waals surface area contributed by atoms with E-state index < -0.39 is 0 Å². The van der Waals surface area contributed by atoms with Gasteiger partial charge >= 0.3 is 0 Å². The van der Waals surface area contributed by atoms with E-state index in [9.17, 15) is 0 Å². The highest BCUT2D eigenvalue weighted by Gasteiger charge is 1.92. The lowest BCUT2D eigenvalue weighted by atomic mass is 10.0. The van der Waals surface area contributed by atoms with Gasteiger partial charge < -0.3 is 0 Å². The van der Waals surface area contributed by atoms with Gasteiger partial charge in [0.25, 0.3) is 0 Å². The first-order valence-electron chi connectivity index (χ1n) is 5.65. The third-order valence-corrected chi connectivity index (χ3v) is 2.56. The third-order valence-electron chi connectivity index (χ3n) is 2.56. The Morgan fingerprint density at radius 2 is 1.93 bits per heavy atom. The molecule has 0 heterocycles. The highest BCUT2D eigenvalue weighted by molar-refractivity contribution is 5.04. The fourth-order valence-corrected chi connectivity index (χ4v) is 1.46. The number of rotatable bonds is 7. The largest absolute Gasteiger partial charge is 0.103 e. The van der Waals surface area contributed by atoms with Crippen LogP contribution in [0.15, 0.2) is 36.0 Å². The molecule has 14 heavy (non-hydrogen) atoms. The number of hydrogen-bond donors (Lipinski definition) is 0. The van der Waals surface area contributed by atoms with Gasteiger partial charge in [0.05, 0.1) is 0 Å². The SMILES string of the molecule is C=CCC/C(C)=C\CC/C(=C\C)CC. The van der Waals surface area contributed by atoms with Crippen LogP contribution in [0, 0.1) is 0 Å². The highest BCUT2D eigenvalue weighted by atomic mass is 14.0. The Kier molecular flexibility index (Phi) is 8.31. The highest BCUT2D eigenvalue weighted by Crippen LogP contribution is 2.12. The molecule has 0 radical (unpaired) electrons. The van der Waals surface area contributed by atoms with Gasteiger partial charge in [-0.05, 0) is 46.0 Å². The van der Waals surface area contributed by atoms with E-state index in [1.165, 1.54) is 31.3 Å². The van der Waals surface area contributed by atoms with Crippen molar-refractivity contribution in [1.29, 1.82) is 0 Å². The van der Waals surface area contributed by atoms with Crippen LogP contribution in [0.4, 0.5) is 0 Å². The lowest BCUT2D eigenvalue weighted by Gasteiger charge is -2.02. The van der Waals surface area contributed by atoms with Gasteiger partial charge in [-0.25, -0.2) is 0 Å². The van der Waals surface area contributed by atoms with Crippen molar-refractivity contribution in [1.82, 2.24) is 0 Å². The maximum Gasteiger partial charge on any atom is -0.0286 e. The van der Waals surface area contributed by atoms with Crippen LogP contribution >= 0.6 is 0 Å². The molecule has 0 N–H and O–H groups in total. The summed E-state index contributed by atoms with van der Waals surface area (Å²) in [6, 6.07) is 0. The zero-order valence-corrected chi connectivity index (χ0v) is 9.97. The smallest absolute Gasteiger partial charge is 0.0286 e. The Morgan fingerprint density at radius 1 is 1.21 bits per heavy atom. The second-order valence-electron chi connectivity index (χ2n) is 3.72. The van der Waals surface area contributed by atoms with Crippen LogP contribution in [-0.2, 0) is 0 Å². The first-order chi connectivity index (χ1) is 6.74. The normalized spacial score (nSPS) is 13.1. The minimum Gasteiger partial charge on any atom is -0.103 e. The zero-order chi connectivity index (χ0) is 10.8. The standard InChI is InChI=1S/C14H24/c1-5-8-10-13(4)11-9-12-14(6-2)7-3/h5-6,11H,1,7-10,12H2,2-4H3/b13-11-,14-6-. The summed E-state index contributed by atoms with van der Waals surface area (Å²) in [5, 5.41) is 0. The van der Waals surface area contributed by atoms with Crippen LogP contribution in [0.1, 0.15) is 52.9 Å². The van der Waals surface area contributed by atoms with Crippen LogP contribution in [0.2, 0.25) is 0 Å². The number of hydrogen-bond acceptors (Lipinski definition) is 0. The Morgan fingerprint density at radius 3 is 2.43 bits per heavy atom. The summed E-state index contributed by atoms with van der Waals surface area (Å²) in [5.74, 6) is 0. The van der Waals surface area contributed by atoms with Crippen molar-refractivity contribution in [2.75, 3.05) is 0 Å². The van der Waals surface area contributed by atoms with Crippen molar-refractivity contribution >= 4 is 0 Å². The second kappa shape index (κ2) is 8.80. The zero-order valence-electron chi connectivity index (χ0n) is 9.97. The van der Waals surface area contributed by atoms with Crippen molar-refractivity contribution < 1.29 is 0 Å². The lowest BCUT2D eigenvalue weighted by molar-refractivity contribution is 0.883. The van der Waals surface area contributed by atoms with Crippen LogP contribution < -0.4 is 0 Å². The molecule has 0 saturated carbocycles. The first kappa shape index (κ1) is 13.2. The maximum absolute atomic E-state index is 3.73. The molecule has 0 nitrogen and oxygen atoms in total. The summed E-state index contributed by atoms with van der Waals surface area (Å²) in [5.41, 5.74) is 3.06. The van der Waals surface area contributed by atoms with E-state index in [1.807, 2.05) is 6.08 Å². The predicted molar refractivity (Wildman–Crippen MR) is 66.5 cm³/mol. The average molecular weight is 192 g/mol. The molecule has 0 atom stereocenters. The minimum atomic E-state index is 1.10. The monoisotopic (exact) mass is 192 g/mol. The Balaban J connectivity index is 3.74. The van der Waals surface area contributed by atoms with E-state index in [2.05, 4.69) is 39.5 Å². The average Bonchev–Trinajstić information content (AvgIpc) is 2.21. The second-order valence-corrected chi connectivity index (χ2v) is 3.72. The molecule has 0 heteroatoms. The molecule has 0 saturated heterocycles. The topological polar surface area (TPSA) is 0 Å². The molecule has 80 valence electrons. The van der Waals surface area contributed by atoms with Crippen molar-refractivity contribution in [2.45, 2.75) is 52.9 Å². The van der Waals surface area contributed by atoms with Crippen LogP contribution in [0.25, 0.3) is 0 Å². The molecule has 0 aliphatic rings. The third kappa shape index (κ3) is 6.71. The van der Waals surface area contributed by atoms with E-state index in [-0.39, 0.29) is 0 Å². The van der Waals surface area contributed by atoms with Crippen molar-refractivity contribution in [3.05, 3.63) is 36.0 Å². The maximum atomic E-state index is 3.73. The van der Waals surface area contributed by atoms with E-state index in [1.54, 1.807) is 5.57 Å². The predicted octanol–water partition coefficient (Wildman–Crippen LogP) is 5.04. The Labute approximate surface area is 89.4 Å². The van der Waals surface area contributed by atoms with Gasteiger partial charge in [-0.15, -0.1) is 6.58 Å². The molecule has 0 aromatic rings. The van der Waals surface area contributed by atoms with Gasteiger partial charge in [-0.2, -0.15) is 0 Å². The molecule has 0 spiro atoms. The number of allylic oxidation sites excluding steroid dienone is 5. The minimum absolute atomic E-state index is 1.10. The van der Waals surface area contributed by atoms with E-state index in [4.69, 9.17) is 0 Å². The van der Waals surface area contributed by atoms with E-state index in [0.717, 1.165) is 6.42 Å². The van der Waals surface area contributed by atoms with Crippen molar-refractivity contribution in [3.8, 4) is 0 Å². The van der Waals surface area contributed by atoms with Gasteiger partial charge in [-0.3, -0.25) is 0 Å². The molecule has 0 amide bonds. The molecule has 0 aliphatic heterocycles. The summed E-state index contributed by atoms with van der Waals surface area (Å²) in [6.07, 6.45) is 12.5. The molecule has 0 aliphatic carbocycles.